The zero-order valence-electron chi connectivity index (χ0n) is 30.3. The Morgan fingerprint density at radius 3 is 2.30 bits per heavy atom. The Kier molecular flexibility index (Phi) is 12.0. The highest BCUT2D eigenvalue weighted by Crippen LogP contribution is 2.41. The van der Waals surface area contributed by atoms with Crippen molar-refractivity contribution in [1.29, 1.82) is 0 Å². The van der Waals surface area contributed by atoms with Crippen molar-refractivity contribution >= 4 is 17.8 Å². The predicted octanol–water partition coefficient (Wildman–Crippen LogP) is 7.21. The maximum Gasteiger partial charge on any atom is 0.409 e. The van der Waals surface area contributed by atoms with Crippen LogP contribution in [0.3, 0.4) is 0 Å². The van der Waals surface area contributed by atoms with Crippen molar-refractivity contribution in [2.75, 3.05) is 58.9 Å². The van der Waals surface area contributed by atoms with Crippen molar-refractivity contribution in [3.63, 3.8) is 0 Å². The molecule has 0 radical (unpaired) electrons. The monoisotopic (exact) mass is 686 g/mol. The Bertz CT molecular complexity index is 1570. The van der Waals surface area contributed by atoms with Gasteiger partial charge in [-0.15, -0.1) is 0 Å². The second-order valence-electron chi connectivity index (χ2n) is 14.6. The number of likely N-dealkylation sites (N-methyl/N-ethyl adjacent to an activating group) is 1. The van der Waals surface area contributed by atoms with Crippen LogP contribution >= 0.6 is 0 Å². The van der Waals surface area contributed by atoms with Crippen LogP contribution in [0.4, 0.5) is 10.6 Å². The number of oxazole rings is 1. The predicted molar refractivity (Wildman–Crippen MR) is 192 cm³/mol. The molecule has 50 heavy (non-hydrogen) atoms. The fourth-order valence-corrected chi connectivity index (χ4v) is 7.61. The van der Waals surface area contributed by atoms with Crippen LogP contribution in [0.15, 0.2) is 41.3 Å². The fraction of sp³-hybridized carbons (Fsp3) is 0.615. The summed E-state index contributed by atoms with van der Waals surface area (Å²) < 4.78 is 15.7. The molecule has 1 saturated heterocycles. The summed E-state index contributed by atoms with van der Waals surface area (Å²) in [6.45, 7) is 6.23. The van der Waals surface area contributed by atoms with Crippen LogP contribution in [0, 0.1) is 18.8 Å². The lowest BCUT2D eigenvalue weighted by atomic mass is 9.78. The Hall–Kier alpha value is -3.99. The molecule has 270 valence electrons. The Labute approximate surface area is 296 Å². The summed E-state index contributed by atoms with van der Waals surface area (Å²) in [5.74, 6) is 4.06. The smallest absolute Gasteiger partial charge is 0.409 e. The van der Waals surface area contributed by atoms with Gasteiger partial charge in [-0.25, -0.2) is 19.7 Å². The number of nitrogens with zero attached hydrogens (tertiary/aromatic N) is 6. The van der Waals surface area contributed by atoms with Crippen LogP contribution in [0.2, 0.25) is 0 Å². The van der Waals surface area contributed by atoms with E-state index in [1.807, 2.05) is 29.4 Å². The van der Waals surface area contributed by atoms with Crippen molar-refractivity contribution in [2.45, 2.75) is 89.4 Å². The van der Waals surface area contributed by atoms with Gasteiger partial charge in [0.05, 0.1) is 14.2 Å². The lowest BCUT2D eigenvalue weighted by molar-refractivity contribution is -0.123. The third-order valence-corrected chi connectivity index (χ3v) is 10.9. The molecule has 4 aliphatic rings. The summed E-state index contributed by atoms with van der Waals surface area (Å²) in [5.41, 5.74) is 4.18. The van der Waals surface area contributed by atoms with E-state index in [4.69, 9.17) is 19.1 Å². The van der Waals surface area contributed by atoms with E-state index in [0.717, 1.165) is 125 Å². The first-order chi connectivity index (χ1) is 24.3. The van der Waals surface area contributed by atoms with E-state index in [2.05, 4.69) is 34.7 Å². The first kappa shape index (κ1) is 35.8. The maximum atomic E-state index is 13.9. The van der Waals surface area contributed by atoms with Gasteiger partial charge in [-0.05, 0) is 101 Å². The van der Waals surface area contributed by atoms with Crippen molar-refractivity contribution in [3.05, 3.63) is 53.9 Å². The number of piperazine rings is 1. The largest absolute Gasteiger partial charge is 0.481 e. The lowest BCUT2D eigenvalue weighted by Gasteiger charge is -2.35. The first-order valence-electron chi connectivity index (χ1n) is 18.6. The number of anilines is 1. The number of aryl methyl sites for hydroxylation is 1. The number of methoxy groups -OCH3 is 2. The van der Waals surface area contributed by atoms with Crippen molar-refractivity contribution in [2.24, 2.45) is 11.8 Å². The number of hydrogen-bond acceptors (Lipinski definition) is 9. The van der Waals surface area contributed by atoms with Crippen LogP contribution in [-0.4, -0.2) is 90.7 Å². The van der Waals surface area contributed by atoms with E-state index in [1.165, 1.54) is 19.1 Å². The summed E-state index contributed by atoms with van der Waals surface area (Å²) in [4.78, 5) is 44.8. The molecule has 3 aliphatic carbocycles. The average Bonchev–Trinajstić information content (AvgIpc) is 3.90. The minimum absolute atomic E-state index is 0.0995. The first-order valence-corrected chi connectivity index (χ1v) is 18.6. The van der Waals surface area contributed by atoms with Crippen LogP contribution in [-0.2, 0) is 9.53 Å². The molecule has 0 spiro atoms. The van der Waals surface area contributed by atoms with Crippen LogP contribution in [0.5, 0.6) is 5.88 Å². The van der Waals surface area contributed by atoms with Gasteiger partial charge in [0.1, 0.15) is 17.8 Å². The summed E-state index contributed by atoms with van der Waals surface area (Å²) in [5, 5.41) is 0. The zero-order valence-corrected chi connectivity index (χ0v) is 30.3. The summed E-state index contributed by atoms with van der Waals surface area (Å²) in [7, 11) is 5.14. The number of pyridine rings is 2. The van der Waals surface area contributed by atoms with E-state index < -0.39 is 0 Å². The van der Waals surface area contributed by atoms with Crippen molar-refractivity contribution in [3.8, 4) is 17.1 Å². The normalized spacial score (nSPS) is 21.6. The minimum Gasteiger partial charge on any atom is -0.481 e. The third kappa shape index (κ3) is 9.02. The molecule has 0 aromatic carbocycles. The molecule has 1 aliphatic heterocycles. The number of hydrogen-bond donors (Lipinski definition) is 0. The average molecular weight is 687 g/mol. The second-order valence-corrected chi connectivity index (χ2v) is 14.6. The molecule has 3 aromatic heterocycles. The van der Waals surface area contributed by atoms with Crippen LogP contribution in [0.1, 0.15) is 99.5 Å². The number of amides is 2. The fourth-order valence-electron chi connectivity index (χ4n) is 7.61. The molecular weight excluding hydrogens is 632 g/mol. The Balaban J connectivity index is 0.000000336. The number of ether oxygens (including phenoxy) is 2. The summed E-state index contributed by atoms with van der Waals surface area (Å²) in [6.07, 6.45) is 17.5. The van der Waals surface area contributed by atoms with E-state index in [9.17, 15) is 9.59 Å². The molecule has 11 heteroatoms. The van der Waals surface area contributed by atoms with Crippen molar-refractivity contribution in [1.82, 2.24) is 24.8 Å². The van der Waals surface area contributed by atoms with Gasteiger partial charge in [0, 0.05) is 68.1 Å². The highest BCUT2D eigenvalue weighted by molar-refractivity contribution is 5.94. The van der Waals surface area contributed by atoms with Gasteiger partial charge in [0.2, 0.25) is 11.8 Å². The van der Waals surface area contributed by atoms with Gasteiger partial charge in [-0.1, -0.05) is 19.3 Å². The number of carbonyl (C=O) groups is 2. The number of rotatable bonds is 8. The van der Waals surface area contributed by atoms with E-state index in [1.54, 1.807) is 18.3 Å². The second kappa shape index (κ2) is 16.8. The molecule has 11 nitrogen and oxygen atoms in total. The maximum absolute atomic E-state index is 13.9. The molecule has 0 unspecified atom stereocenters. The van der Waals surface area contributed by atoms with E-state index in [0.29, 0.717) is 23.6 Å². The summed E-state index contributed by atoms with van der Waals surface area (Å²) in [6, 6.07) is 6.23. The number of carbonyl (C=O) groups excluding carboxylic acids is 2. The molecular formula is C39H54N6O5. The zero-order chi connectivity index (χ0) is 35.0. The molecule has 0 bridgehead atoms. The molecule has 2 amide bonds. The van der Waals surface area contributed by atoms with Gasteiger partial charge >= 0.3 is 6.09 Å². The number of aromatic nitrogens is 3. The van der Waals surface area contributed by atoms with Gasteiger partial charge in [0.15, 0.2) is 5.89 Å². The van der Waals surface area contributed by atoms with Crippen LogP contribution < -0.4 is 9.64 Å². The van der Waals surface area contributed by atoms with Gasteiger partial charge in [0.25, 0.3) is 0 Å². The quantitative estimate of drug-likeness (QED) is 0.242. The Morgan fingerprint density at radius 1 is 0.920 bits per heavy atom. The molecule has 4 fully saturated rings. The Morgan fingerprint density at radius 2 is 1.64 bits per heavy atom. The lowest BCUT2D eigenvalue weighted by Crippen LogP contribution is -2.47. The molecule has 4 heterocycles. The van der Waals surface area contributed by atoms with Crippen molar-refractivity contribution < 1.29 is 23.5 Å². The van der Waals surface area contributed by atoms with Gasteiger partial charge in [-0.2, -0.15) is 0 Å². The highest BCUT2D eigenvalue weighted by atomic mass is 16.5. The molecule has 3 aromatic rings. The van der Waals surface area contributed by atoms with E-state index in [-0.39, 0.29) is 17.9 Å². The van der Waals surface area contributed by atoms with Crippen LogP contribution in [0.25, 0.3) is 11.3 Å². The SMILES string of the molecule is COC(=O)N1CCN(C)CC1.COc1ncc(C2CCC(CN(C(=O)C3CCCCC3)c3cc(-c4coc(C5CC5)n4)ccn3)CC2)cc1C. The standard InChI is InChI=1S/C32H40N4O3.C7H14N2O2/c1-21-16-27(18-34-30(21)38-2)23-10-8-22(9-11-23)19-36(32(37)25-6-4-3-5-7-25)29-17-26(14-15-33-29)28-20-39-31(35-28)24-12-13-24;1-8-3-5-9(6-4-8)7(10)11-2/h14-18,20,22-25H,3-13,19H2,1-2H3;3-6H2,1-2H3. The summed E-state index contributed by atoms with van der Waals surface area (Å²) >= 11 is 0. The van der Waals surface area contributed by atoms with Gasteiger partial charge in [-0.3, -0.25) is 9.69 Å². The minimum atomic E-state index is -0.210. The molecule has 3 saturated carbocycles. The third-order valence-electron chi connectivity index (χ3n) is 10.9. The molecule has 0 N–H and O–H groups in total. The topological polar surface area (TPSA) is 114 Å². The molecule has 0 atom stereocenters. The van der Waals surface area contributed by atoms with Gasteiger partial charge < -0.3 is 23.7 Å². The highest BCUT2D eigenvalue weighted by Gasteiger charge is 2.32. The van der Waals surface area contributed by atoms with E-state index >= 15 is 0 Å². The molecule has 7 rings (SSSR count).